The predicted molar refractivity (Wildman–Crippen MR) is 97.9 cm³/mol. The van der Waals surface area contributed by atoms with Gasteiger partial charge in [0.2, 0.25) is 5.91 Å². The molecule has 1 aromatic heterocycles. The van der Waals surface area contributed by atoms with Gasteiger partial charge in [-0.2, -0.15) is 0 Å². The maximum Gasteiger partial charge on any atom is 0.222 e. The molecule has 6 nitrogen and oxygen atoms in total. The van der Waals surface area contributed by atoms with Gasteiger partial charge in [-0.05, 0) is 26.2 Å². The van der Waals surface area contributed by atoms with Crippen molar-refractivity contribution < 1.29 is 9.53 Å². The van der Waals surface area contributed by atoms with Crippen LogP contribution in [-0.2, 0) is 9.53 Å². The molecular weight excluding hydrogens is 316 g/mol. The van der Waals surface area contributed by atoms with E-state index in [1.165, 1.54) is 0 Å². The molecule has 2 saturated heterocycles. The van der Waals surface area contributed by atoms with Crippen LogP contribution in [0.2, 0.25) is 0 Å². The summed E-state index contributed by atoms with van der Waals surface area (Å²) in [5, 5.41) is 0. The minimum Gasteiger partial charge on any atom is -0.378 e. The lowest BCUT2D eigenvalue weighted by atomic mass is 9.94. The van der Waals surface area contributed by atoms with Crippen LogP contribution in [0.1, 0.15) is 56.5 Å². The number of carbonyl (C=O) groups is 1. The molecule has 25 heavy (non-hydrogen) atoms. The molecule has 1 aromatic rings. The van der Waals surface area contributed by atoms with E-state index in [4.69, 9.17) is 9.72 Å². The Morgan fingerprint density at radius 2 is 2.08 bits per heavy atom. The standard InChI is InChI=1S/C19H30N4O2/c1-3-4-7-19(24)23-8-5-6-16(14-23)17-13-18(21-15(2)20-17)22-9-11-25-12-10-22/h13,16H,3-12,14H2,1-2H3. The van der Waals surface area contributed by atoms with Crippen LogP contribution in [-0.4, -0.2) is 60.2 Å². The Morgan fingerprint density at radius 3 is 2.84 bits per heavy atom. The lowest BCUT2D eigenvalue weighted by Gasteiger charge is -2.33. The molecule has 0 aliphatic carbocycles. The predicted octanol–water partition coefficient (Wildman–Crippen LogP) is 2.52. The third-order valence-electron chi connectivity index (χ3n) is 5.12. The Labute approximate surface area is 150 Å². The van der Waals surface area contributed by atoms with Gasteiger partial charge >= 0.3 is 0 Å². The first-order chi connectivity index (χ1) is 12.2. The van der Waals surface area contributed by atoms with E-state index in [0.717, 1.165) is 82.4 Å². The zero-order chi connectivity index (χ0) is 17.6. The zero-order valence-corrected chi connectivity index (χ0v) is 15.5. The largest absolute Gasteiger partial charge is 0.378 e. The number of hydrogen-bond donors (Lipinski definition) is 0. The summed E-state index contributed by atoms with van der Waals surface area (Å²) in [6, 6.07) is 2.13. The Bertz CT molecular complexity index is 587. The van der Waals surface area contributed by atoms with Crippen LogP contribution >= 0.6 is 0 Å². The molecule has 2 aliphatic heterocycles. The molecule has 0 aromatic carbocycles. The van der Waals surface area contributed by atoms with Crippen LogP contribution in [0, 0.1) is 6.92 Å². The number of amides is 1. The molecule has 0 spiro atoms. The fraction of sp³-hybridized carbons (Fsp3) is 0.737. The summed E-state index contributed by atoms with van der Waals surface area (Å²) in [5.74, 6) is 2.43. The molecule has 1 unspecified atom stereocenters. The number of aromatic nitrogens is 2. The second-order valence-electron chi connectivity index (χ2n) is 7.08. The normalized spacial score (nSPS) is 21.4. The van der Waals surface area contributed by atoms with Gasteiger partial charge in [-0.15, -0.1) is 0 Å². The highest BCUT2D eigenvalue weighted by atomic mass is 16.5. The average molecular weight is 346 g/mol. The molecule has 2 aliphatic rings. The molecule has 0 N–H and O–H groups in total. The maximum absolute atomic E-state index is 12.4. The van der Waals surface area contributed by atoms with E-state index in [0.29, 0.717) is 18.2 Å². The Kier molecular flexibility index (Phi) is 6.24. The number of carbonyl (C=O) groups excluding carboxylic acids is 1. The van der Waals surface area contributed by atoms with Gasteiger partial charge in [0.1, 0.15) is 11.6 Å². The van der Waals surface area contributed by atoms with Gasteiger partial charge in [0.05, 0.1) is 18.9 Å². The number of morpholine rings is 1. The molecule has 3 heterocycles. The minimum absolute atomic E-state index is 0.297. The van der Waals surface area contributed by atoms with Crippen molar-refractivity contribution in [2.45, 2.75) is 51.9 Å². The van der Waals surface area contributed by atoms with Gasteiger partial charge in [0, 0.05) is 44.6 Å². The Morgan fingerprint density at radius 1 is 1.28 bits per heavy atom. The summed E-state index contributed by atoms with van der Waals surface area (Å²) >= 11 is 0. The van der Waals surface area contributed by atoms with E-state index in [-0.39, 0.29) is 0 Å². The lowest BCUT2D eigenvalue weighted by Crippen LogP contribution is -2.39. The Hall–Kier alpha value is -1.69. The van der Waals surface area contributed by atoms with Gasteiger partial charge in [0.25, 0.3) is 0 Å². The molecule has 0 saturated carbocycles. The molecule has 0 bridgehead atoms. The first-order valence-corrected chi connectivity index (χ1v) is 9.63. The first kappa shape index (κ1) is 18.1. The van der Waals surface area contributed by atoms with Gasteiger partial charge in [0.15, 0.2) is 0 Å². The highest BCUT2D eigenvalue weighted by Crippen LogP contribution is 2.28. The van der Waals surface area contributed by atoms with Crippen molar-refractivity contribution in [3.63, 3.8) is 0 Å². The van der Waals surface area contributed by atoms with Crippen LogP contribution in [0.25, 0.3) is 0 Å². The van der Waals surface area contributed by atoms with Crippen LogP contribution in [0.15, 0.2) is 6.07 Å². The third-order valence-corrected chi connectivity index (χ3v) is 5.12. The highest BCUT2D eigenvalue weighted by molar-refractivity contribution is 5.76. The molecule has 1 amide bonds. The molecule has 0 radical (unpaired) electrons. The number of unbranched alkanes of at least 4 members (excludes halogenated alkanes) is 1. The SMILES string of the molecule is CCCCC(=O)N1CCCC(c2cc(N3CCOCC3)nc(C)n2)C1. The summed E-state index contributed by atoms with van der Waals surface area (Å²) in [4.78, 5) is 26.0. The zero-order valence-electron chi connectivity index (χ0n) is 15.5. The molecule has 3 rings (SSSR count). The van der Waals surface area contributed by atoms with Crippen molar-refractivity contribution in [2.75, 3.05) is 44.3 Å². The van der Waals surface area contributed by atoms with Gasteiger partial charge in [-0.3, -0.25) is 4.79 Å². The van der Waals surface area contributed by atoms with Crippen molar-refractivity contribution in [3.05, 3.63) is 17.6 Å². The summed E-state index contributed by atoms with van der Waals surface area (Å²) in [7, 11) is 0. The van der Waals surface area contributed by atoms with Crippen LogP contribution in [0.3, 0.4) is 0 Å². The van der Waals surface area contributed by atoms with Crippen LogP contribution in [0.5, 0.6) is 0 Å². The van der Waals surface area contributed by atoms with E-state index in [1.54, 1.807) is 0 Å². The summed E-state index contributed by atoms with van der Waals surface area (Å²) in [6.07, 6.45) is 4.87. The van der Waals surface area contributed by atoms with Crippen molar-refractivity contribution in [2.24, 2.45) is 0 Å². The van der Waals surface area contributed by atoms with E-state index in [9.17, 15) is 4.79 Å². The second-order valence-corrected chi connectivity index (χ2v) is 7.08. The average Bonchev–Trinajstić information content (AvgIpc) is 2.66. The number of aryl methyl sites for hydroxylation is 1. The van der Waals surface area contributed by atoms with Crippen molar-refractivity contribution in [3.8, 4) is 0 Å². The maximum atomic E-state index is 12.4. The van der Waals surface area contributed by atoms with E-state index in [1.807, 2.05) is 11.8 Å². The summed E-state index contributed by atoms with van der Waals surface area (Å²) < 4.78 is 5.44. The summed E-state index contributed by atoms with van der Waals surface area (Å²) in [5.41, 5.74) is 1.09. The number of piperidine rings is 1. The molecule has 1 atom stereocenters. The van der Waals surface area contributed by atoms with Crippen molar-refractivity contribution in [1.29, 1.82) is 0 Å². The number of anilines is 1. The fourth-order valence-corrected chi connectivity index (χ4v) is 3.67. The lowest BCUT2D eigenvalue weighted by molar-refractivity contribution is -0.132. The number of ether oxygens (including phenoxy) is 1. The summed E-state index contributed by atoms with van der Waals surface area (Å²) in [6.45, 7) is 9.03. The van der Waals surface area contributed by atoms with Crippen molar-refractivity contribution in [1.82, 2.24) is 14.9 Å². The van der Waals surface area contributed by atoms with Crippen LogP contribution < -0.4 is 4.90 Å². The monoisotopic (exact) mass is 346 g/mol. The van der Waals surface area contributed by atoms with Crippen LogP contribution in [0.4, 0.5) is 5.82 Å². The number of nitrogens with zero attached hydrogens (tertiary/aromatic N) is 4. The first-order valence-electron chi connectivity index (χ1n) is 9.63. The quantitative estimate of drug-likeness (QED) is 0.820. The number of rotatable bonds is 5. The van der Waals surface area contributed by atoms with E-state index < -0.39 is 0 Å². The number of likely N-dealkylation sites (tertiary alicyclic amines) is 1. The van der Waals surface area contributed by atoms with Crippen molar-refractivity contribution >= 4 is 11.7 Å². The Balaban J connectivity index is 1.71. The minimum atomic E-state index is 0.297. The third kappa shape index (κ3) is 4.69. The molecule has 6 heteroatoms. The molecule has 138 valence electrons. The van der Waals surface area contributed by atoms with E-state index in [2.05, 4.69) is 22.9 Å². The van der Waals surface area contributed by atoms with Gasteiger partial charge in [-0.25, -0.2) is 9.97 Å². The topological polar surface area (TPSA) is 58.6 Å². The van der Waals surface area contributed by atoms with Gasteiger partial charge in [-0.1, -0.05) is 13.3 Å². The number of hydrogen-bond acceptors (Lipinski definition) is 5. The molecule has 2 fully saturated rings. The highest BCUT2D eigenvalue weighted by Gasteiger charge is 2.26. The van der Waals surface area contributed by atoms with E-state index >= 15 is 0 Å². The van der Waals surface area contributed by atoms with Gasteiger partial charge < -0.3 is 14.5 Å². The molecular formula is C19H30N4O2. The fourth-order valence-electron chi connectivity index (χ4n) is 3.67. The smallest absolute Gasteiger partial charge is 0.222 e. The second kappa shape index (κ2) is 8.61.